The van der Waals surface area contributed by atoms with Crippen LogP contribution in [0.1, 0.15) is 18.5 Å². The summed E-state index contributed by atoms with van der Waals surface area (Å²) in [7, 11) is 1.93. The molecule has 0 aliphatic rings. The number of para-hydroxylation sites is 2. The second kappa shape index (κ2) is 5.21. The number of anilines is 1. The summed E-state index contributed by atoms with van der Waals surface area (Å²) in [5.74, 6) is 0. The molecule has 0 saturated carbocycles. The first kappa shape index (κ1) is 12.5. The van der Waals surface area contributed by atoms with Crippen molar-refractivity contribution in [2.75, 3.05) is 5.32 Å². The van der Waals surface area contributed by atoms with E-state index in [1.807, 2.05) is 47.0 Å². The normalized spacial score (nSPS) is 12.3. The minimum Gasteiger partial charge on any atom is -0.377 e. The summed E-state index contributed by atoms with van der Waals surface area (Å²) in [6.45, 7) is 2.13. The minimum absolute atomic E-state index is 0.188. The Balaban J connectivity index is 1.88. The Morgan fingerprint density at radius 1 is 1.25 bits per heavy atom. The van der Waals surface area contributed by atoms with Crippen molar-refractivity contribution in [2.45, 2.75) is 13.0 Å². The van der Waals surface area contributed by atoms with Gasteiger partial charge in [-0.1, -0.05) is 12.1 Å². The Bertz CT molecular complexity index is 684. The van der Waals surface area contributed by atoms with Crippen molar-refractivity contribution >= 4 is 5.69 Å². The molecule has 0 aliphatic heterocycles. The van der Waals surface area contributed by atoms with Gasteiger partial charge in [0.1, 0.15) is 0 Å². The average Bonchev–Trinajstić information content (AvgIpc) is 3.10. The first-order chi connectivity index (χ1) is 9.74. The van der Waals surface area contributed by atoms with E-state index in [-0.39, 0.29) is 6.04 Å². The van der Waals surface area contributed by atoms with E-state index in [0.29, 0.717) is 0 Å². The maximum absolute atomic E-state index is 4.21. The first-order valence-corrected chi connectivity index (χ1v) is 6.56. The van der Waals surface area contributed by atoms with Crippen LogP contribution in [0.2, 0.25) is 0 Å². The number of nitrogens with zero attached hydrogens (tertiary/aromatic N) is 4. The lowest BCUT2D eigenvalue weighted by Gasteiger charge is -2.17. The number of nitrogens with one attached hydrogen (secondary N) is 1. The minimum atomic E-state index is 0.188. The van der Waals surface area contributed by atoms with Crippen LogP contribution in [-0.2, 0) is 7.05 Å². The van der Waals surface area contributed by atoms with Crippen LogP contribution >= 0.6 is 0 Å². The van der Waals surface area contributed by atoms with E-state index >= 15 is 0 Å². The second-order valence-electron chi connectivity index (χ2n) is 4.80. The van der Waals surface area contributed by atoms with Crippen molar-refractivity contribution in [3.63, 3.8) is 0 Å². The molecule has 0 fully saturated rings. The van der Waals surface area contributed by atoms with Crippen LogP contribution in [0, 0.1) is 0 Å². The van der Waals surface area contributed by atoms with Crippen LogP contribution in [0.15, 0.2) is 55.4 Å². The molecule has 20 heavy (non-hydrogen) atoms. The van der Waals surface area contributed by atoms with E-state index in [1.54, 1.807) is 12.5 Å². The highest BCUT2D eigenvalue weighted by Crippen LogP contribution is 2.24. The summed E-state index contributed by atoms with van der Waals surface area (Å²) in [6.07, 6.45) is 9.43. The molecule has 5 heteroatoms. The Morgan fingerprint density at radius 3 is 2.80 bits per heavy atom. The van der Waals surface area contributed by atoms with Gasteiger partial charge in [-0.2, -0.15) is 5.10 Å². The van der Waals surface area contributed by atoms with E-state index in [1.165, 1.54) is 0 Å². The number of aromatic nitrogens is 4. The molecule has 0 amide bonds. The van der Waals surface area contributed by atoms with Crippen molar-refractivity contribution < 1.29 is 0 Å². The van der Waals surface area contributed by atoms with Gasteiger partial charge in [-0.3, -0.25) is 4.68 Å². The molecule has 0 spiro atoms. The molecule has 0 radical (unpaired) electrons. The van der Waals surface area contributed by atoms with Gasteiger partial charge in [0.05, 0.1) is 29.9 Å². The lowest BCUT2D eigenvalue weighted by molar-refractivity contribution is 0.765. The van der Waals surface area contributed by atoms with Crippen LogP contribution in [0.4, 0.5) is 5.69 Å². The zero-order valence-corrected chi connectivity index (χ0v) is 11.6. The maximum Gasteiger partial charge on any atom is 0.0992 e. The maximum atomic E-state index is 4.21. The average molecular weight is 267 g/mol. The van der Waals surface area contributed by atoms with Crippen molar-refractivity contribution in [1.29, 1.82) is 0 Å². The highest BCUT2D eigenvalue weighted by molar-refractivity contribution is 5.61. The topological polar surface area (TPSA) is 47.7 Å². The Labute approximate surface area is 117 Å². The van der Waals surface area contributed by atoms with Crippen LogP contribution < -0.4 is 5.32 Å². The van der Waals surface area contributed by atoms with E-state index in [9.17, 15) is 0 Å². The van der Waals surface area contributed by atoms with Crippen molar-refractivity contribution in [1.82, 2.24) is 19.3 Å². The summed E-state index contributed by atoms with van der Waals surface area (Å²) < 4.78 is 3.81. The van der Waals surface area contributed by atoms with Gasteiger partial charge in [0.25, 0.3) is 0 Å². The third-order valence-electron chi connectivity index (χ3n) is 3.28. The molecule has 3 aromatic rings. The van der Waals surface area contributed by atoms with Gasteiger partial charge in [0.2, 0.25) is 0 Å². The molecule has 2 aromatic heterocycles. The molecule has 5 nitrogen and oxygen atoms in total. The Hall–Kier alpha value is -2.56. The molecule has 1 N–H and O–H groups in total. The van der Waals surface area contributed by atoms with Gasteiger partial charge < -0.3 is 9.88 Å². The summed E-state index contributed by atoms with van der Waals surface area (Å²) in [5.41, 5.74) is 3.32. The monoisotopic (exact) mass is 267 g/mol. The SMILES string of the molecule is CC(Nc1ccccc1-n1ccnc1)c1cnn(C)c1. The van der Waals surface area contributed by atoms with E-state index in [4.69, 9.17) is 0 Å². The van der Waals surface area contributed by atoms with E-state index < -0.39 is 0 Å². The summed E-state index contributed by atoms with van der Waals surface area (Å²) in [5, 5.41) is 7.74. The lowest BCUT2D eigenvalue weighted by Crippen LogP contribution is -2.08. The largest absolute Gasteiger partial charge is 0.377 e. The smallest absolute Gasteiger partial charge is 0.0992 e. The quantitative estimate of drug-likeness (QED) is 0.790. The Kier molecular flexibility index (Phi) is 3.25. The van der Waals surface area contributed by atoms with Gasteiger partial charge in [0, 0.05) is 31.2 Å². The number of hydrogen-bond acceptors (Lipinski definition) is 3. The highest BCUT2D eigenvalue weighted by Gasteiger charge is 2.10. The number of aryl methyl sites for hydroxylation is 1. The fourth-order valence-corrected chi connectivity index (χ4v) is 2.20. The molecule has 0 saturated heterocycles. The fourth-order valence-electron chi connectivity index (χ4n) is 2.20. The first-order valence-electron chi connectivity index (χ1n) is 6.56. The summed E-state index contributed by atoms with van der Waals surface area (Å²) >= 11 is 0. The number of rotatable bonds is 4. The van der Waals surface area contributed by atoms with Crippen molar-refractivity contribution in [2.24, 2.45) is 7.05 Å². The van der Waals surface area contributed by atoms with Crippen molar-refractivity contribution in [3.8, 4) is 5.69 Å². The van der Waals surface area contributed by atoms with Gasteiger partial charge in [-0.25, -0.2) is 4.98 Å². The van der Waals surface area contributed by atoms with Crippen LogP contribution in [0.25, 0.3) is 5.69 Å². The molecule has 3 rings (SSSR count). The zero-order chi connectivity index (χ0) is 13.9. The number of benzene rings is 1. The van der Waals surface area contributed by atoms with Crippen LogP contribution in [0.5, 0.6) is 0 Å². The summed E-state index contributed by atoms with van der Waals surface area (Å²) in [6, 6.07) is 8.38. The van der Waals surface area contributed by atoms with E-state index in [2.05, 4.69) is 34.5 Å². The van der Waals surface area contributed by atoms with E-state index in [0.717, 1.165) is 16.9 Å². The molecule has 0 aliphatic carbocycles. The molecular weight excluding hydrogens is 250 g/mol. The standard InChI is InChI=1S/C15H17N5/c1-12(13-9-17-19(2)10-13)18-14-5-3-4-6-15(14)20-8-7-16-11-20/h3-12,18H,1-2H3. The fraction of sp³-hybridized carbons (Fsp3) is 0.200. The van der Waals surface area contributed by atoms with Crippen LogP contribution in [-0.4, -0.2) is 19.3 Å². The predicted molar refractivity (Wildman–Crippen MR) is 78.8 cm³/mol. The van der Waals surface area contributed by atoms with Gasteiger partial charge in [0.15, 0.2) is 0 Å². The van der Waals surface area contributed by atoms with Crippen molar-refractivity contribution in [3.05, 3.63) is 60.9 Å². The molecule has 1 atom stereocenters. The second-order valence-corrected chi connectivity index (χ2v) is 4.80. The molecular formula is C15H17N5. The molecule has 102 valence electrons. The number of hydrogen-bond donors (Lipinski definition) is 1. The highest BCUT2D eigenvalue weighted by atomic mass is 15.2. The third-order valence-corrected chi connectivity index (χ3v) is 3.28. The lowest BCUT2D eigenvalue weighted by atomic mass is 10.1. The van der Waals surface area contributed by atoms with Crippen LogP contribution in [0.3, 0.4) is 0 Å². The molecule has 1 aromatic carbocycles. The molecule has 0 bridgehead atoms. The Morgan fingerprint density at radius 2 is 2.10 bits per heavy atom. The van der Waals surface area contributed by atoms with Gasteiger partial charge in [-0.05, 0) is 19.1 Å². The third kappa shape index (κ3) is 2.42. The predicted octanol–water partition coefficient (Wildman–Crippen LogP) is 2.78. The zero-order valence-electron chi connectivity index (χ0n) is 11.6. The number of imidazole rings is 1. The summed E-state index contributed by atoms with van der Waals surface area (Å²) in [4.78, 5) is 4.10. The van der Waals surface area contributed by atoms with Gasteiger partial charge >= 0.3 is 0 Å². The molecule has 2 heterocycles. The van der Waals surface area contributed by atoms with Gasteiger partial charge in [-0.15, -0.1) is 0 Å². The molecule has 1 unspecified atom stereocenters.